The summed E-state index contributed by atoms with van der Waals surface area (Å²) in [4.78, 5) is 25.4. The Hall–Kier alpha value is -1.88. The molecule has 0 aromatic heterocycles. The first kappa shape index (κ1) is 15.5. The number of fused-ring (bicyclic) bond motifs is 1. The van der Waals surface area contributed by atoms with E-state index in [1.807, 2.05) is 31.2 Å². The lowest BCUT2D eigenvalue weighted by Gasteiger charge is -2.33. The number of carboxylic acids is 1. The number of rotatable bonds is 5. The Bertz CT molecular complexity index is 530. The molecule has 2 rings (SSSR count). The van der Waals surface area contributed by atoms with Crippen molar-refractivity contribution >= 4 is 17.6 Å². The van der Waals surface area contributed by atoms with Crippen molar-refractivity contribution < 1.29 is 14.7 Å². The van der Waals surface area contributed by atoms with E-state index in [2.05, 4.69) is 0 Å². The fraction of sp³-hybridized carbons (Fsp3) is 0.500. The van der Waals surface area contributed by atoms with Gasteiger partial charge in [-0.3, -0.25) is 9.59 Å². The van der Waals surface area contributed by atoms with Crippen LogP contribution in [0.3, 0.4) is 0 Å². The summed E-state index contributed by atoms with van der Waals surface area (Å²) in [6.45, 7) is 2.82. The van der Waals surface area contributed by atoms with Gasteiger partial charge in [-0.25, -0.2) is 0 Å². The molecule has 1 aliphatic rings. The van der Waals surface area contributed by atoms with Crippen LogP contribution in [0.25, 0.3) is 0 Å². The van der Waals surface area contributed by atoms with Crippen LogP contribution in [0.2, 0.25) is 0 Å². The van der Waals surface area contributed by atoms with Crippen molar-refractivity contribution in [3.63, 3.8) is 0 Å². The van der Waals surface area contributed by atoms with E-state index in [9.17, 15) is 14.7 Å². The fourth-order valence-electron chi connectivity index (χ4n) is 2.62. The molecule has 2 unspecified atom stereocenters. The minimum Gasteiger partial charge on any atom is -0.481 e. The number of nitrogens with zero attached hydrogens (tertiary/aromatic N) is 1. The Morgan fingerprint density at radius 1 is 1.43 bits per heavy atom. The van der Waals surface area contributed by atoms with Gasteiger partial charge in [0.15, 0.2) is 0 Å². The second kappa shape index (κ2) is 6.72. The number of hydrogen-bond acceptors (Lipinski definition) is 3. The Kier molecular flexibility index (Phi) is 4.96. The zero-order valence-electron chi connectivity index (χ0n) is 12.3. The first-order valence-corrected chi connectivity index (χ1v) is 7.34. The number of para-hydroxylation sites is 1. The van der Waals surface area contributed by atoms with Gasteiger partial charge in [-0.1, -0.05) is 25.1 Å². The van der Waals surface area contributed by atoms with Crippen LogP contribution in [0.1, 0.15) is 25.3 Å². The summed E-state index contributed by atoms with van der Waals surface area (Å²) in [5.74, 6) is -1.11. The number of carbonyl (C=O) groups excluding carboxylic acids is 1. The first-order valence-electron chi connectivity index (χ1n) is 7.34. The molecule has 1 amide bonds. The van der Waals surface area contributed by atoms with Gasteiger partial charge in [0.05, 0.1) is 5.92 Å². The zero-order valence-corrected chi connectivity index (χ0v) is 12.3. The number of hydrogen-bond donors (Lipinski definition) is 2. The van der Waals surface area contributed by atoms with E-state index in [0.717, 1.165) is 17.7 Å². The first-order chi connectivity index (χ1) is 10.0. The maximum Gasteiger partial charge on any atom is 0.308 e. The van der Waals surface area contributed by atoms with Crippen LogP contribution in [0.15, 0.2) is 24.3 Å². The van der Waals surface area contributed by atoms with Gasteiger partial charge in [0, 0.05) is 18.7 Å². The molecule has 21 heavy (non-hydrogen) atoms. The summed E-state index contributed by atoms with van der Waals surface area (Å²) in [7, 11) is 0. The Morgan fingerprint density at radius 2 is 2.14 bits per heavy atom. The molecule has 1 aliphatic heterocycles. The maximum absolute atomic E-state index is 12.4. The second-order valence-corrected chi connectivity index (χ2v) is 5.75. The highest BCUT2D eigenvalue weighted by Gasteiger charge is 2.31. The SMILES string of the molecule is CC(CN)CCC(=O)N1CC(C(=O)O)Cc2ccccc21. The van der Waals surface area contributed by atoms with Gasteiger partial charge < -0.3 is 15.7 Å². The van der Waals surface area contributed by atoms with E-state index < -0.39 is 11.9 Å². The molecule has 0 spiro atoms. The molecular weight excluding hydrogens is 268 g/mol. The van der Waals surface area contributed by atoms with Gasteiger partial charge in [0.25, 0.3) is 0 Å². The van der Waals surface area contributed by atoms with E-state index in [0.29, 0.717) is 25.3 Å². The molecule has 5 heteroatoms. The average molecular weight is 290 g/mol. The van der Waals surface area contributed by atoms with Gasteiger partial charge in [0.2, 0.25) is 5.91 Å². The lowest BCUT2D eigenvalue weighted by Crippen LogP contribution is -2.42. The third-order valence-electron chi connectivity index (χ3n) is 4.06. The summed E-state index contributed by atoms with van der Waals surface area (Å²) < 4.78 is 0. The second-order valence-electron chi connectivity index (χ2n) is 5.75. The van der Waals surface area contributed by atoms with E-state index in [1.54, 1.807) is 4.90 Å². The van der Waals surface area contributed by atoms with Crippen molar-refractivity contribution in [1.82, 2.24) is 0 Å². The molecule has 1 heterocycles. The summed E-state index contributed by atoms with van der Waals surface area (Å²) in [6, 6.07) is 7.54. The lowest BCUT2D eigenvalue weighted by molar-refractivity contribution is -0.141. The number of carbonyl (C=O) groups is 2. The van der Waals surface area contributed by atoms with Crippen LogP contribution < -0.4 is 10.6 Å². The summed E-state index contributed by atoms with van der Waals surface area (Å²) >= 11 is 0. The number of benzene rings is 1. The number of aliphatic carboxylic acids is 1. The van der Waals surface area contributed by atoms with Crippen molar-refractivity contribution in [3.05, 3.63) is 29.8 Å². The molecule has 1 aromatic carbocycles. The molecule has 0 fully saturated rings. The number of anilines is 1. The zero-order chi connectivity index (χ0) is 15.4. The van der Waals surface area contributed by atoms with E-state index in [1.165, 1.54) is 0 Å². The molecule has 0 saturated carbocycles. The van der Waals surface area contributed by atoms with Crippen molar-refractivity contribution in [2.24, 2.45) is 17.6 Å². The fourth-order valence-corrected chi connectivity index (χ4v) is 2.62. The highest BCUT2D eigenvalue weighted by molar-refractivity contribution is 5.95. The lowest BCUT2D eigenvalue weighted by atomic mass is 9.92. The quantitative estimate of drug-likeness (QED) is 0.863. The van der Waals surface area contributed by atoms with Crippen molar-refractivity contribution in [2.45, 2.75) is 26.2 Å². The average Bonchev–Trinajstić information content (AvgIpc) is 2.50. The molecule has 0 aliphatic carbocycles. The summed E-state index contributed by atoms with van der Waals surface area (Å²) in [6.07, 6.45) is 1.61. The highest BCUT2D eigenvalue weighted by atomic mass is 16.4. The summed E-state index contributed by atoms with van der Waals surface area (Å²) in [5, 5.41) is 9.27. The molecular formula is C16H22N2O3. The highest BCUT2D eigenvalue weighted by Crippen LogP contribution is 2.30. The topological polar surface area (TPSA) is 83.6 Å². The Morgan fingerprint density at radius 3 is 2.81 bits per heavy atom. The van der Waals surface area contributed by atoms with E-state index in [4.69, 9.17) is 5.73 Å². The van der Waals surface area contributed by atoms with E-state index in [-0.39, 0.29) is 12.5 Å². The predicted octanol–water partition coefficient (Wildman–Crippen LogP) is 1.65. The minimum atomic E-state index is -0.849. The smallest absolute Gasteiger partial charge is 0.308 e. The van der Waals surface area contributed by atoms with Crippen molar-refractivity contribution in [1.29, 1.82) is 0 Å². The summed E-state index contributed by atoms with van der Waals surface area (Å²) in [5.41, 5.74) is 7.35. The van der Waals surface area contributed by atoms with Gasteiger partial charge in [-0.15, -0.1) is 0 Å². The molecule has 0 bridgehead atoms. The predicted molar refractivity (Wildman–Crippen MR) is 81.1 cm³/mol. The minimum absolute atomic E-state index is 0.0197. The molecule has 114 valence electrons. The number of nitrogens with two attached hydrogens (primary N) is 1. The molecule has 0 radical (unpaired) electrons. The monoisotopic (exact) mass is 290 g/mol. The molecule has 2 atom stereocenters. The van der Waals surface area contributed by atoms with Gasteiger partial charge in [-0.05, 0) is 36.9 Å². The van der Waals surface area contributed by atoms with Crippen LogP contribution in [-0.2, 0) is 16.0 Å². The third-order valence-corrected chi connectivity index (χ3v) is 4.06. The van der Waals surface area contributed by atoms with Gasteiger partial charge in [0.1, 0.15) is 0 Å². The van der Waals surface area contributed by atoms with Crippen LogP contribution in [0.5, 0.6) is 0 Å². The standard InChI is InChI=1S/C16H22N2O3/c1-11(9-17)6-7-15(19)18-10-13(16(20)21)8-12-4-2-3-5-14(12)18/h2-5,11,13H,6-10,17H2,1H3,(H,20,21). The van der Waals surface area contributed by atoms with Crippen LogP contribution in [0, 0.1) is 11.8 Å². The molecule has 1 aromatic rings. The van der Waals surface area contributed by atoms with Crippen LogP contribution in [0.4, 0.5) is 5.69 Å². The van der Waals surface area contributed by atoms with Gasteiger partial charge >= 0.3 is 5.97 Å². The van der Waals surface area contributed by atoms with E-state index >= 15 is 0 Å². The normalized spacial score (nSPS) is 19.0. The van der Waals surface area contributed by atoms with Crippen molar-refractivity contribution in [2.75, 3.05) is 18.0 Å². The van der Waals surface area contributed by atoms with Crippen LogP contribution >= 0.6 is 0 Å². The number of carboxylic acid groups (broad SMARTS) is 1. The molecule has 3 N–H and O–H groups in total. The number of amides is 1. The van der Waals surface area contributed by atoms with Crippen LogP contribution in [-0.4, -0.2) is 30.1 Å². The largest absolute Gasteiger partial charge is 0.481 e. The van der Waals surface area contributed by atoms with Gasteiger partial charge in [-0.2, -0.15) is 0 Å². The Balaban J connectivity index is 2.17. The third kappa shape index (κ3) is 3.61. The van der Waals surface area contributed by atoms with Crippen molar-refractivity contribution in [3.8, 4) is 0 Å². The molecule has 5 nitrogen and oxygen atoms in total. The molecule has 0 saturated heterocycles. The maximum atomic E-state index is 12.4. The Labute approximate surface area is 124 Å².